The quantitative estimate of drug-likeness (QED) is 0.188. The van der Waals surface area contributed by atoms with Gasteiger partial charge >= 0.3 is 5.97 Å². The minimum Gasteiger partial charge on any atom is -0.497 e. The number of ether oxygens (including phenoxy) is 2. The lowest BCUT2D eigenvalue weighted by molar-refractivity contribution is -0.763. The highest BCUT2D eigenvalue weighted by atomic mass is 16.9. The van der Waals surface area contributed by atoms with Gasteiger partial charge in [0.1, 0.15) is 19.0 Å². The van der Waals surface area contributed by atoms with E-state index in [4.69, 9.17) is 9.47 Å². The van der Waals surface area contributed by atoms with Crippen LogP contribution in [0.1, 0.15) is 24.0 Å². The van der Waals surface area contributed by atoms with E-state index in [0.717, 1.165) is 22.1 Å². The Hall–Kier alpha value is -4.14. The average molecular weight is 452 g/mol. The molecule has 0 heterocycles. The number of amides is 1. The van der Waals surface area contributed by atoms with Crippen LogP contribution in [0.5, 0.6) is 5.75 Å². The Kier molecular flexibility index (Phi) is 7.80. The van der Waals surface area contributed by atoms with E-state index in [-0.39, 0.29) is 19.8 Å². The monoisotopic (exact) mass is 452 g/mol. The van der Waals surface area contributed by atoms with E-state index in [9.17, 15) is 19.7 Å². The number of carbonyl (C=O) groups is 2. The van der Waals surface area contributed by atoms with Crippen LogP contribution < -0.4 is 9.64 Å². The molecule has 0 fully saturated rings. The van der Waals surface area contributed by atoms with Crippen molar-refractivity contribution in [2.75, 3.05) is 25.2 Å². The van der Waals surface area contributed by atoms with E-state index in [2.05, 4.69) is 4.84 Å². The molecule has 9 nitrogen and oxygen atoms in total. The fourth-order valence-corrected chi connectivity index (χ4v) is 3.34. The van der Waals surface area contributed by atoms with Gasteiger partial charge in [0.05, 0.1) is 19.6 Å². The largest absolute Gasteiger partial charge is 0.497 e. The first-order valence-corrected chi connectivity index (χ1v) is 10.2. The molecule has 0 spiro atoms. The molecule has 172 valence electrons. The fourth-order valence-electron chi connectivity index (χ4n) is 3.34. The zero-order valence-electron chi connectivity index (χ0n) is 18.3. The summed E-state index contributed by atoms with van der Waals surface area (Å²) in [7, 11) is 1.61. The Morgan fingerprint density at radius 3 is 2.61 bits per heavy atom. The van der Waals surface area contributed by atoms with Crippen LogP contribution in [0.4, 0.5) is 5.69 Å². The third kappa shape index (κ3) is 6.19. The molecule has 0 N–H and O–H groups in total. The number of rotatable bonds is 11. The van der Waals surface area contributed by atoms with Crippen LogP contribution in [-0.4, -0.2) is 37.7 Å². The van der Waals surface area contributed by atoms with Crippen molar-refractivity contribution in [3.63, 3.8) is 0 Å². The number of hydrogen-bond donors (Lipinski definition) is 0. The Morgan fingerprint density at radius 1 is 1.12 bits per heavy atom. The van der Waals surface area contributed by atoms with Crippen molar-refractivity contribution in [3.05, 3.63) is 81.9 Å². The Morgan fingerprint density at radius 2 is 1.88 bits per heavy atom. The molecule has 3 aromatic rings. The van der Waals surface area contributed by atoms with E-state index in [1.54, 1.807) is 38.3 Å². The summed E-state index contributed by atoms with van der Waals surface area (Å²) < 4.78 is 10.6. The van der Waals surface area contributed by atoms with Gasteiger partial charge in [0.15, 0.2) is 0 Å². The van der Waals surface area contributed by atoms with Gasteiger partial charge in [-0.3, -0.25) is 9.59 Å². The normalized spacial score (nSPS) is 11.5. The lowest BCUT2D eigenvalue weighted by Gasteiger charge is -2.19. The minimum atomic E-state index is -0.878. The number of hydrogen-bond acceptors (Lipinski definition) is 7. The molecule has 0 bridgehead atoms. The SMILES string of the molecule is COc1ccc2cc([C@H](C)C(=O)OCCN(C=O)c3cccc(CO[N+](=O)[O-])c3)ccc2c1. The first-order valence-electron chi connectivity index (χ1n) is 10.2. The van der Waals surface area contributed by atoms with Crippen LogP contribution in [0.3, 0.4) is 0 Å². The van der Waals surface area contributed by atoms with Crippen molar-refractivity contribution in [3.8, 4) is 5.75 Å². The third-order valence-corrected chi connectivity index (χ3v) is 5.21. The smallest absolute Gasteiger partial charge is 0.313 e. The summed E-state index contributed by atoms with van der Waals surface area (Å²) in [6, 6.07) is 18.1. The molecule has 0 aromatic heterocycles. The molecule has 0 unspecified atom stereocenters. The molecule has 0 saturated heterocycles. The van der Waals surface area contributed by atoms with Gasteiger partial charge in [0, 0.05) is 5.69 Å². The van der Waals surface area contributed by atoms with Crippen LogP contribution in [0.2, 0.25) is 0 Å². The second-order valence-electron chi connectivity index (χ2n) is 7.33. The van der Waals surface area contributed by atoms with Gasteiger partial charge in [0.2, 0.25) is 6.41 Å². The molecule has 0 aliphatic heterocycles. The van der Waals surface area contributed by atoms with Crippen molar-refractivity contribution in [2.24, 2.45) is 0 Å². The maximum atomic E-state index is 12.6. The van der Waals surface area contributed by atoms with Crippen LogP contribution >= 0.6 is 0 Å². The van der Waals surface area contributed by atoms with Crippen LogP contribution in [-0.2, 0) is 25.8 Å². The fraction of sp³-hybridized carbons (Fsp3) is 0.250. The number of carbonyl (C=O) groups excluding carboxylic acids is 2. The molecule has 3 aromatic carbocycles. The summed E-state index contributed by atoms with van der Waals surface area (Å²) in [6.45, 7) is 1.68. The van der Waals surface area contributed by atoms with E-state index < -0.39 is 17.0 Å². The van der Waals surface area contributed by atoms with Crippen LogP contribution in [0.25, 0.3) is 10.8 Å². The standard InChI is InChI=1S/C24H24N2O7/c1-17(19-6-7-21-14-23(31-2)9-8-20(21)13-19)24(28)32-11-10-25(16-27)22-5-3-4-18(12-22)15-33-26(29)30/h3-9,12-14,16-17H,10-11,15H2,1-2H3/t17-/m0/s1. The summed E-state index contributed by atoms with van der Waals surface area (Å²) in [6.07, 6.45) is 0.613. The molecule has 1 atom stereocenters. The molecule has 0 saturated carbocycles. The molecule has 0 radical (unpaired) electrons. The Bertz CT molecular complexity index is 1150. The Balaban J connectivity index is 1.58. The van der Waals surface area contributed by atoms with Gasteiger partial charge in [-0.2, -0.15) is 0 Å². The molecule has 0 aliphatic rings. The highest BCUT2D eigenvalue weighted by molar-refractivity contribution is 5.87. The summed E-state index contributed by atoms with van der Waals surface area (Å²) in [5.41, 5.74) is 1.88. The molecule has 3 rings (SSSR count). The van der Waals surface area contributed by atoms with Crippen molar-refractivity contribution in [1.82, 2.24) is 0 Å². The maximum absolute atomic E-state index is 12.6. The number of fused-ring (bicyclic) bond motifs is 1. The molecule has 33 heavy (non-hydrogen) atoms. The molecular weight excluding hydrogens is 428 g/mol. The van der Waals surface area contributed by atoms with Gasteiger partial charge < -0.3 is 19.2 Å². The zero-order chi connectivity index (χ0) is 23.8. The van der Waals surface area contributed by atoms with E-state index in [1.165, 1.54) is 4.90 Å². The maximum Gasteiger partial charge on any atom is 0.313 e. The van der Waals surface area contributed by atoms with Gasteiger partial charge in [-0.15, -0.1) is 10.1 Å². The lowest BCUT2D eigenvalue weighted by atomic mass is 9.98. The van der Waals surface area contributed by atoms with Crippen molar-refractivity contribution in [2.45, 2.75) is 19.4 Å². The second kappa shape index (κ2) is 10.9. The predicted octanol–water partition coefficient (Wildman–Crippen LogP) is 3.87. The first kappa shape index (κ1) is 23.5. The molecule has 1 amide bonds. The summed E-state index contributed by atoms with van der Waals surface area (Å²) in [5.74, 6) is -0.121. The van der Waals surface area contributed by atoms with Gasteiger partial charge in [-0.25, -0.2) is 0 Å². The van der Waals surface area contributed by atoms with Gasteiger partial charge in [0.25, 0.3) is 5.09 Å². The molecule has 9 heteroatoms. The predicted molar refractivity (Wildman–Crippen MR) is 122 cm³/mol. The van der Waals surface area contributed by atoms with E-state index in [0.29, 0.717) is 17.7 Å². The highest BCUT2D eigenvalue weighted by Crippen LogP contribution is 2.26. The van der Waals surface area contributed by atoms with E-state index in [1.807, 2.05) is 36.4 Å². The van der Waals surface area contributed by atoms with Gasteiger partial charge in [-0.05, 0) is 53.1 Å². The summed E-state index contributed by atoms with van der Waals surface area (Å²) in [4.78, 5) is 40.2. The lowest BCUT2D eigenvalue weighted by Crippen LogP contribution is -2.27. The molecule has 0 aliphatic carbocycles. The zero-order valence-corrected chi connectivity index (χ0v) is 18.3. The van der Waals surface area contributed by atoms with Crippen molar-refractivity contribution in [1.29, 1.82) is 0 Å². The summed E-state index contributed by atoms with van der Waals surface area (Å²) >= 11 is 0. The number of anilines is 1. The number of nitrogens with zero attached hydrogens (tertiary/aromatic N) is 2. The highest BCUT2D eigenvalue weighted by Gasteiger charge is 2.18. The average Bonchev–Trinajstić information content (AvgIpc) is 2.84. The topological polar surface area (TPSA) is 108 Å². The van der Waals surface area contributed by atoms with Crippen molar-refractivity contribution < 1.29 is 29.0 Å². The second-order valence-corrected chi connectivity index (χ2v) is 7.33. The molecular formula is C24H24N2O7. The van der Waals surface area contributed by atoms with E-state index >= 15 is 0 Å². The number of esters is 1. The summed E-state index contributed by atoms with van der Waals surface area (Å²) in [5, 5.41) is 11.5. The van der Waals surface area contributed by atoms with Crippen molar-refractivity contribution >= 4 is 28.8 Å². The number of benzene rings is 3. The van der Waals surface area contributed by atoms with Crippen LogP contribution in [0, 0.1) is 10.1 Å². The van der Waals surface area contributed by atoms with Crippen LogP contribution in [0.15, 0.2) is 60.7 Å². The Labute approximate surface area is 190 Å². The minimum absolute atomic E-state index is 0.00230. The first-order chi connectivity index (χ1) is 15.9. The van der Waals surface area contributed by atoms with Gasteiger partial charge in [-0.1, -0.05) is 36.4 Å². The number of methoxy groups -OCH3 is 1. The third-order valence-electron chi connectivity index (χ3n) is 5.21.